The fourth-order valence-electron chi connectivity index (χ4n) is 5.83. The van der Waals surface area contributed by atoms with Gasteiger partial charge in [-0.3, -0.25) is 4.79 Å². The maximum absolute atomic E-state index is 13.3. The van der Waals surface area contributed by atoms with Crippen molar-refractivity contribution in [2.75, 3.05) is 39.9 Å². The summed E-state index contributed by atoms with van der Waals surface area (Å²) >= 11 is 6.14. The lowest BCUT2D eigenvalue weighted by atomic mass is 9.84. The number of β-amino-alcohol motifs (C(OH)–C–C–N with tert-alkyl or cyclic N) is 2. The Morgan fingerprint density at radius 1 is 1.21 bits per heavy atom. The first-order valence-electron chi connectivity index (χ1n) is 13.0. The molecule has 39 heavy (non-hydrogen) atoms. The van der Waals surface area contributed by atoms with Gasteiger partial charge in [-0.1, -0.05) is 17.7 Å². The Morgan fingerprint density at radius 3 is 2.72 bits per heavy atom. The number of fused-ring (bicyclic) bond motifs is 2. The van der Waals surface area contributed by atoms with E-state index < -0.39 is 30.1 Å². The Bertz CT molecular complexity index is 1230. The van der Waals surface area contributed by atoms with Crippen LogP contribution in [0.25, 0.3) is 0 Å². The predicted octanol–water partition coefficient (Wildman–Crippen LogP) is 2.06. The van der Waals surface area contributed by atoms with Crippen LogP contribution in [0.3, 0.4) is 0 Å². The number of likely N-dealkylation sites (tertiary alicyclic amines) is 2. The summed E-state index contributed by atoms with van der Waals surface area (Å²) in [5, 5.41) is 31.5. The highest BCUT2D eigenvalue weighted by Gasteiger charge is 2.43. The van der Waals surface area contributed by atoms with E-state index in [2.05, 4.69) is 4.90 Å². The van der Waals surface area contributed by atoms with Crippen molar-refractivity contribution in [3.63, 3.8) is 0 Å². The molecular formula is C28H33ClN2O8. The lowest BCUT2D eigenvalue weighted by Gasteiger charge is -2.39. The Labute approximate surface area is 231 Å². The first kappa shape index (κ1) is 27.7. The van der Waals surface area contributed by atoms with Crippen LogP contribution < -0.4 is 4.74 Å². The number of phenolic OH excluding ortho intramolecular Hbond substituents is 1. The van der Waals surface area contributed by atoms with Crippen LogP contribution in [-0.2, 0) is 26.5 Å². The summed E-state index contributed by atoms with van der Waals surface area (Å²) in [6.07, 6.45) is -0.0397. The molecule has 3 atom stereocenters. The molecule has 2 saturated heterocycles. The van der Waals surface area contributed by atoms with Crippen LogP contribution in [0.2, 0.25) is 5.02 Å². The summed E-state index contributed by atoms with van der Waals surface area (Å²) in [5.74, 6) is -1.18. The third-order valence-electron chi connectivity index (χ3n) is 7.83. The van der Waals surface area contributed by atoms with Crippen LogP contribution in [0, 0.1) is 0 Å². The Kier molecular flexibility index (Phi) is 8.02. The smallest absolute Gasteiger partial charge is 0.328 e. The molecule has 0 radical (unpaired) electrons. The number of benzene rings is 2. The number of esters is 1. The van der Waals surface area contributed by atoms with Gasteiger partial charge in [-0.25, -0.2) is 4.79 Å². The molecule has 1 unspecified atom stereocenters. The van der Waals surface area contributed by atoms with E-state index in [0.717, 1.165) is 31.5 Å². The second kappa shape index (κ2) is 11.3. The number of hydrogen-bond acceptors (Lipinski definition) is 9. The molecule has 2 aromatic carbocycles. The fourth-order valence-corrected chi connectivity index (χ4v) is 6.02. The number of carbonyl (C=O) groups excluding carboxylic acids is 2. The molecule has 0 bridgehead atoms. The van der Waals surface area contributed by atoms with Crippen molar-refractivity contribution >= 4 is 23.5 Å². The van der Waals surface area contributed by atoms with Crippen molar-refractivity contribution < 1.29 is 39.1 Å². The first-order valence-corrected chi connectivity index (χ1v) is 13.4. The molecule has 3 N–H and O–H groups in total. The van der Waals surface area contributed by atoms with Gasteiger partial charge in [0.25, 0.3) is 5.91 Å². The van der Waals surface area contributed by atoms with E-state index in [1.807, 2.05) is 18.2 Å². The number of aromatic hydroxyl groups is 1. The first-order chi connectivity index (χ1) is 18.7. The number of halogens is 1. The minimum absolute atomic E-state index is 0.0286. The monoisotopic (exact) mass is 560 g/mol. The summed E-state index contributed by atoms with van der Waals surface area (Å²) in [6.45, 7) is 2.26. The molecule has 0 aliphatic carbocycles. The van der Waals surface area contributed by atoms with Crippen LogP contribution in [0.5, 0.6) is 11.5 Å². The van der Waals surface area contributed by atoms with Gasteiger partial charge >= 0.3 is 5.97 Å². The van der Waals surface area contributed by atoms with Gasteiger partial charge in [0.1, 0.15) is 30.3 Å². The molecule has 5 rings (SSSR count). The molecule has 0 saturated carbocycles. The van der Waals surface area contributed by atoms with Crippen molar-refractivity contribution in [2.45, 2.75) is 49.7 Å². The van der Waals surface area contributed by atoms with Gasteiger partial charge in [-0.2, -0.15) is 0 Å². The number of carbonyl (C=O) groups is 2. The van der Waals surface area contributed by atoms with Crippen molar-refractivity contribution in [3.05, 3.63) is 58.1 Å². The third-order valence-corrected chi connectivity index (χ3v) is 8.07. The van der Waals surface area contributed by atoms with Gasteiger partial charge in [0, 0.05) is 43.7 Å². The van der Waals surface area contributed by atoms with Crippen molar-refractivity contribution in [2.24, 2.45) is 0 Å². The molecule has 3 aliphatic heterocycles. The van der Waals surface area contributed by atoms with E-state index >= 15 is 0 Å². The van der Waals surface area contributed by atoms with E-state index in [0.29, 0.717) is 18.2 Å². The average molecular weight is 561 g/mol. The van der Waals surface area contributed by atoms with E-state index in [4.69, 9.17) is 25.8 Å². The van der Waals surface area contributed by atoms with Crippen LogP contribution >= 0.6 is 11.6 Å². The van der Waals surface area contributed by atoms with Crippen molar-refractivity contribution in [3.8, 4) is 11.5 Å². The highest BCUT2D eigenvalue weighted by molar-refractivity contribution is 6.30. The summed E-state index contributed by atoms with van der Waals surface area (Å²) in [7, 11) is 1.23. The number of methoxy groups -OCH3 is 1. The molecule has 3 aliphatic rings. The highest BCUT2D eigenvalue weighted by Crippen LogP contribution is 2.44. The number of piperidine rings is 1. The number of ether oxygens (including phenoxy) is 3. The second-order valence-electron chi connectivity index (χ2n) is 10.4. The van der Waals surface area contributed by atoms with Crippen LogP contribution in [0.4, 0.5) is 0 Å². The molecule has 2 aromatic rings. The number of rotatable bonds is 7. The largest absolute Gasteiger partial charge is 0.508 e. The maximum Gasteiger partial charge on any atom is 0.328 e. The molecule has 0 aromatic heterocycles. The van der Waals surface area contributed by atoms with Gasteiger partial charge in [0.2, 0.25) is 0 Å². The van der Waals surface area contributed by atoms with E-state index in [1.54, 1.807) is 0 Å². The van der Waals surface area contributed by atoms with Gasteiger partial charge in [-0.05, 0) is 48.2 Å². The molecule has 1 amide bonds. The molecule has 2 fully saturated rings. The molecule has 1 spiro atoms. The Hall–Kier alpha value is -2.89. The SMILES string of the molecule is COC(=O)C1C[C@@H](O)CN1C(=O)c1ccc(O)cc1OC[C@@H](O)CN1CCC2(CC1)OCc1cc(Cl)ccc12. The molecular weight excluding hydrogens is 528 g/mol. The van der Waals surface area contributed by atoms with Gasteiger partial charge in [0.15, 0.2) is 0 Å². The Balaban J connectivity index is 1.19. The topological polar surface area (TPSA) is 129 Å². The standard InChI is InChI=1S/C28H33ClN2O8/c1-37-27(36)24-11-20(33)14-31(24)26(35)22-4-3-19(32)12-25(22)38-16-21(34)13-30-8-6-28(7-9-30)23-5-2-18(29)10-17(23)15-39-28/h2-5,10,12,20-21,24,32-34H,6-9,11,13-16H2,1H3/t20-,21+,24?/m1/s1. The van der Waals surface area contributed by atoms with Gasteiger partial charge < -0.3 is 39.3 Å². The van der Waals surface area contributed by atoms with Gasteiger partial charge in [-0.15, -0.1) is 0 Å². The van der Waals surface area contributed by atoms with E-state index in [-0.39, 0.29) is 42.2 Å². The zero-order valence-corrected chi connectivity index (χ0v) is 22.5. The van der Waals surface area contributed by atoms with Crippen LogP contribution in [0.1, 0.15) is 40.7 Å². The number of amides is 1. The maximum atomic E-state index is 13.3. The van der Waals surface area contributed by atoms with Crippen molar-refractivity contribution in [1.82, 2.24) is 9.80 Å². The number of aliphatic hydroxyl groups excluding tert-OH is 2. The van der Waals surface area contributed by atoms with Gasteiger partial charge in [0.05, 0.1) is 31.0 Å². The summed E-state index contributed by atoms with van der Waals surface area (Å²) in [5.41, 5.74) is 2.11. The van der Waals surface area contributed by atoms with Crippen molar-refractivity contribution in [1.29, 1.82) is 0 Å². The Morgan fingerprint density at radius 2 is 1.97 bits per heavy atom. The average Bonchev–Trinajstić information content (AvgIpc) is 3.48. The number of aliphatic hydroxyl groups is 2. The van der Waals surface area contributed by atoms with E-state index in [1.165, 1.54) is 35.8 Å². The zero-order valence-electron chi connectivity index (χ0n) is 21.7. The van der Waals surface area contributed by atoms with Crippen LogP contribution in [-0.4, -0.2) is 95.1 Å². The minimum atomic E-state index is -0.917. The lowest BCUT2D eigenvalue weighted by molar-refractivity contribution is -0.145. The van der Waals surface area contributed by atoms with E-state index in [9.17, 15) is 24.9 Å². The number of nitrogens with zero attached hydrogens (tertiary/aromatic N) is 2. The summed E-state index contributed by atoms with van der Waals surface area (Å²) < 4.78 is 16.8. The lowest BCUT2D eigenvalue weighted by Crippen LogP contribution is -2.46. The zero-order chi connectivity index (χ0) is 27.7. The molecule has 210 valence electrons. The second-order valence-corrected chi connectivity index (χ2v) is 10.9. The molecule has 11 heteroatoms. The summed E-state index contributed by atoms with van der Waals surface area (Å²) in [6, 6.07) is 9.03. The summed E-state index contributed by atoms with van der Waals surface area (Å²) in [4.78, 5) is 28.9. The highest BCUT2D eigenvalue weighted by atomic mass is 35.5. The molecule has 3 heterocycles. The minimum Gasteiger partial charge on any atom is -0.508 e. The number of hydrogen-bond donors (Lipinski definition) is 3. The normalized spacial score (nSPS) is 23.0. The third kappa shape index (κ3) is 5.71. The fraction of sp³-hybridized carbons (Fsp3) is 0.500. The number of phenols is 1. The quantitative estimate of drug-likeness (QED) is 0.436. The molecule has 10 nitrogen and oxygen atoms in total. The predicted molar refractivity (Wildman–Crippen MR) is 141 cm³/mol. The van der Waals surface area contributed by atoms with Crippen LogP contribution in [0.15, 0.2) is 36.4 Å².